The number of piperidine rings is 1. The number of hydrogen-bond acceptors (Lipinski definition) is 7. The largest absolute Gasteiger partial charge is 0.379 e. The van der Waals surface area contributed by atoms with E-state index in [4.69, 9.17) is 18.9 Å². The number of carbonyl (C=O) groups excluding carboxylic acids is 3. The quantitative estimate of drug-likeness (QED) is 0.170. The number of carbonyl (C=O) groups is 3. The standard InChI is InChI=1S/C41H55N3O7/c1-2-24-48-26-28-50-30-31-51-29-27-49-25-16-38(45)43-22-19-41(20-23-43)17-13-35(14-18-41)40(47)42-21-15-39(46)44-32-36-9-4-3-7-33(36)11-12-34-8-5-6-10-37(34)44/h3-10,35H,2,13-32H2,1H3,(H,42,47). The number of nitrogens with zero attached hydrogens (tertiary/aromatic N) is 2. The smallest absolute Gasteiger partial charge is 0.229 e. The van der Waals surface area contributed by atoms with E-state index >= 15 is 0 Å². The van der Waals surface area contributed by atoms with Crippen molar-refractivity contribution in [2.24, 2.45) is 11.3 Å². The third kappa shape index (κ3) is 11.6. The first kappa shape index (κ1) is 38.5. The summed E-state index contributed by atoms with van der Waals surface area (Å²) < 4.78 is 22.0. The van der Waals surface area contributed by atoms with Crippen LogP contribution in [0.5, 0.6) is 0 Å². The minimum Gasteiger partial charge on any atom is -0.379 e. The van der Waals surface area contributed by atoms with E-state index in [2.05, 4.69) is 24.1 Å². The molecule has 1 N–H and O–H groups in total. The van der Waals surface area contributed by atoms with Crippen LogP contribution in [0.25, 0.3) is 0 Å². The molecule has 1 spiro atoms. The Morgan fingerprint density at radius 3 is 2.00 bits per heavy atom. The van der Waals surface area contributed by atoms with E-state index in [9.17, 15) is 14.4 Å². The van der Waals surface area contributed by atoms with Gasteiger partial charge in [0.15, 0.2) is 0 Å². The summed E-state index contributed by atoms with van der Waals surface area (Å²) in [7, 11) is 0. The van der Waals surface area contributed by atoms with Gasteiger partial charge in [0.25, 0.3) is 0 Å². The SMILES string of the molecule is CCCOCCOCCOCCOCCC(=O)N1CCC2(CCC(C(=O)NCCC(=O)N3Cc4ccccc4C#Cc4ccccc43)CC2)CC1. The molecule has 10 heteroatoms. The topological polar surface area (TPSA) is 107 Å². The molecule has 0 atom stereocenters. The molecule has 0 unspecified atom stereocenters. The van der Waals surface area contributed by atoms with E-state index in [-0.39, 0.29) is 35.5 Å². The zero-order valence-electron chi connectivity index (χ0n) is 30.3. The first-order valence-electron chi connectivity index (χ1n) is 18.8. The van der Waals surface area contributed by atoms with E-state index < -0.39 is 0 Å². The number of nitrogens with one attached hydrogen (secondary N) is 1. The van der Waals surface area contributed by atoms with E-state index in [0.717, 1.165) is 87.0 Å². The minimum absolute atomic E-state index is 0.0335. The van der Waals surface area contributed by atoms with Gasteiger partial charge in [-0.2, -0.15) is 0 Å². The Kier molecular flexibility index (Phi) is 15.3. The van der Waals surface area contributed by atoms with E-state index in [1.54, 1.807) is 4.90 Å². The van der Waals surface area contributed by atoms with Crippen LogP contribution in [0.4, 0.5) is 5.69 Å². The van der Waals surface area contributed by atoms with Crippen LogP contribution in [0, 0.1) is 23.2 Å². The van der Waals surface area contributed by atoms with Gasteiger partial charge >= 0.3 is 0 Å². The summed E-state index contributed by atoms with van der Waals surface area (Å²) in [6, 6.07) is 15.7. The first-order valence-corrected chi connectivity index (χ1v) is 18.8. The van der Waals surface area contributed by atoms with Gasteiger partial charge in [0.2, 0.25) is 17.7 Å². The van der Waals surface area contributed by atoms with Crippen LogP contribution >= 0.6 is 0 Å². The molecule has 2 aromatic carbocycles. The zero-order chi connectivity index (χ0) is 35.7. The van der Waals surface area contributed by atoms with E-state index in [0.29, 0.717) is 65.8 Å². The summed E-state index contributed by atoms with van der Waals surface area (Å²) in [6.45, 7) is 8.68. The molecule has 0 bridgehead atoms. The fourth-order valence-corrected chi connectivity index (χ4v) is 7.23. The van der Waals surface area contributed by atoms with Crippen LogP contribution in [-0.4, -0.2) is 95.1 Å². The lowest BCUT2D eigenvalue weighted by molar-refractivity contribution is -0.135. The van der Waals surface area contributed by atoms with Crippen molar-refractivity contribution in [2.75, 3.05) is 77.4 Å². The number of fused-ring (bicyclic) bond motifs is 2. The third-order valence-electron chi connectivity index (χ3n) is 10.3. The van der Waals surface area contributed by atoms with Crippen molar-refractivity contribution >= 4 is 23.4 Å². The van der Waals surface area contributed by atoms with Crippen LogP contribution in [0.2, 0.25) is 0 Å². The average molecular weight is 702 g/mol. The Morgan fingerprint density at radius 1 is 0.725 bits per heavy atom. The molecule has 0 aromatic heterocycles. The molecule has 3 amide bonds. The summed E-state index contributed by atoms with van der Waals surface area (Å²) in [4.78, 5) is 43.3. The predicted molar refractivity (Wildman–Crippen MR) is 196 cm³/mol. The zero-order valence-corrected chi connectivity index (χ0v) is 30.3. The van der Waals surface area contributed by atoms with Gasteiger partial charge in [0, 0.05) is 49.7 Å². The summed E-state index contributed by atoms with van der Waals surface area (Å²) in [5, 5.41) is 3.06. The number of ether oxygens (including phenoxy) is 4. The molecule has 1 aliphatic carbocycles. The number of hydrogen-bond donors (Lipinski definition) is 1. The predicted octanol–water partition coefficient (Wildman–Crippen LogP) is 5.10. The highest BCUT2D eigenvalue weighted by atomic mass is 16.6. The highest BCUT2D eigenvalue weighted by Gasteiger charge is 2.40. The second kappa shape index (κ2) is 20.3. The van der Waals surface area contributed by atoms with Gasteiger partial charge in [0.1, 0.15) is 0 Å². The maximum Gasteiger partial charge on any atom is 0.229 e. The molecule has 2 aliphatic heterocycles. The van der Waals surface area contributed by atoms with Gasteiger partial charge in [-0.05, 0) is 74.1 Å². The third-order valence-corrected chi connectivity index (χ3v) is 10.3. The maximum absolute atomic E-state index is 13.5. The Labute approximate surface area is 303 Å². The Morgan fingerprint density at radius 2 is 1.31 bits per heavy atom. The Hall–Kier alpha value is -3.75. The molecule has 3 aliphatic rings. The van der Waals surface area contributed by atoms with Crippen molar-refractivity contribution in [3.8, 4) is 11.8 Å². The highest BCUT2D eigenvalue weighted by molar-refractivity contribution is 5.95. The number of rotatable bonds is 18. The summed E-state index contributed by atoms with van der Waals surface area (Å²) in [5.74, 6) is 6.60. The minimum atomic E-state index is -0.0353. The number of para-hydroxylation sites is 1. The molecule has 5 rings (SSSR count). The van der Waals surface area contributed by atoms with Crippen LogP contribution in [0.15, 0.2) is 48.5 Å². The number of benzene rings is 2. The number of amides is 3. The summed E-state index contributed by atoms with van der Waals surface area (Å²) in [5.41, 5.74) is 3.77. The summed E-state index contributed by atoms with van der Waals surface area (Å²) in [6.07, 6.45) is 7.26. The highest BCUT2D eigenvalue weighted by Crippen LogP contribution is 2.46. The monoisotopic (exact) mass is 701 g/mol. The van der Waals surface area contributed by atoms with E-state index in [1.807, 2.05) is 53.4 Å². The lowest BCUT2D eigenvalue weighted by atomic mass is 9.65. The van der Waals surface area contributed by atoms with Gasteiger partial charge in [-0.3, -0.25) is 14.4 Å². The second-order valence-electron chi connectivity index (χ2n) is 13.8. The maximum atomic E-state index is 13.5. The van der Waals surface area contributed by atoms with Crippen molar-refractivity contribution in [2.45, 2.75) is 71.3 Å². The molecule has 1 saturated carbocycles. The van der Waals surface area contributed by atoms with Crippen molar-refractivity contribution in [1.82, 2.24) is 10.2 Å². The van der Waals surface area contributed by atoms with Gasteiger partial charge in [-0.1, -0.05) is 49.1 Å². The molecular weight excluding hydrogens is 646 g/mol. The molecule has 10 nitrogen and oxygen atoms in total. The summed E-state index contributed by atoms with van der Waals surface area (Å²) >= 11 is 0. The van der Waals surface area contributed by atoms with Crippen molar-refractivity contribution in [1.29, 1.82) is 0 Å². The molecule has 2 aromatic rings. The molecule has 2 heterocycles. The van der Waals surface area contributed by atoms with Gasteiger partial charge in [-0.25, -0.2) is 0 Å². The van der Waals surface area contributed by atoms with Crippen LogP contribution in [0.3, 0.4) is 0 Å². The molecular formula is C41H55N3O7. The van der Waals surface area contributed by atoms with Crippen molar-refractivity contribution < 1.29 is 33.3 Å². The second-order valence-corrected chi connectivity index (χ2v) is 13.8. The lowest BCUT2D eigenvalue weighted by Crippen LogP contribution is -2.46. The van der Waals surface area contributed by atoms with Gasteiger partial charge < -0.3 is 34.1 Å². The average Bonchev–Trinajstić information content (AvgIpc) is 3.15. The number of anilines is 1. The molecule has 1 saturated heterocycles. The van der Waals surface area contributed by atoms with Crippen molar-refractivity contribution in [3.63, 3.8) is 0 Å². The lowest BCUT2D eigenvalue weighted by Gasteiger charge is -2.45. The Balaban J connectivity index is 0.940. The molecule has 51 heavy (non-hydrogen) atoms. The molecule has 276 valence electrons. The van der Waals surface area contributed by atoms with Crippen LogP contribution < -0.4 is 10.2 Å². The first-order chi connectivity index (χ1) is 25.0. The van der Waals surface area contributed by atoms with Gasteiger partial charge in [-0.15, -0.1) is 0 Å². The van der Waals surface area contributed by atoms with Crippen LogP contribution in [-0.2, 0) is 39.9 Å². The Bertz CT molecular complexity index is 1480. The number of likely N-dealkylation sites (tertiary alicyclic amines) is 1. The van der Waals surface area contributed by atoms with Gasteiger partial charge in [0.05, 0.1) is 64.9 Å². The molecule has 0 radical (unpaired) electrons. The van der Waals surface area contributed by atoms with E-state index in [1.165, 1.54) is 0 Å². The fraction of sp³-hybridized carbons (Fsp3) is 0.585. The fourth-order valence-electron chi connectivity index (χ4n) is 7.23. The van der Waals surface area contributed by atoms with Crippen LogP contribution in [0.1, 0.15) is 81.4 Å². The van der Waals surface area contributed by atoms with Crippen molar-refractivity contribution in [3.05, 3.63) is 65.2 Å². The molecule has 2 fully saturated rings. The normalized spacial score (nSPS) is 16.7.